The van der Waals surface area contributed by atoms with Crippen LogP contribution in [0.4, 0.5) is 0 Å². The Hall–Kier alpha value is -0.170. The van der Waals surface area contributed by atoms with Gasteiger partial charge in [-0.15, -0.1) is 0 Å². The van der Waals surface area contributed by atoms with Gasteiger partial charge in [0.25, 0.3) is 10.2 Å². The molecule has 0 aromatic carbocycles. The lowest BCUT2D eigenvalue weighted by Gasteiger charge is -2.37. The Labute approximate surface area is 73.3 Å². The van der Waals surface area contributed by atoms with Gasteiger partial charge in [0.1, 0.15) is 0 Å². The number of likely N-dealkylation sites (tertiary alicyclic amines) is 1. The van der Waals surface area contributed by atoms with E-state index in [1.165, 1.54) is 11.4 Å². The summed E-state index contributed by atoms with van der Waals surface area (Å²) in [6.45, 7) is 2.45. The molecule has 12 heavy (non-hydrogen) atoms. The van der Waals surface area contributed by atoms with Gasteiger partial charge in [-0.25, -0.2) is 5.14 Å². The molecule has 0 unspecified atom stereocenters. The maximum atomic E-state index is 10.8. The van der Waals surface area contributed by atoms with Crippen molar-refractivity contribution in [2.75, 3.05) is 33.7 Å². The topological polar surface area (TPSA) is 66.6 Å². The molecule has 1 rings (SSSR count). The Bertz CT molecular complexity index is 246. The molecule has 0 aliphatic carbocycles. The van der Waals surface area contributed by atoms with E-state index in [4.69, 9.17) is 5.14 Å². The summed E-state index contributed by atoms with van der Waals surface area (Å²) in [5.74, 6) is 0.443. The van der Waals surface area contributed by atoms with Crippen LogP contribution < -0.4 is 5.14 Å². The third-order valence-corrected chi connectivity index (χ3v) is 3.11. The van der Waals surface area contributed by atoms with Crippen LogP contribution in [0.25, 0.3) is 0 Å². The number of hydrogen-bond donors (Lipinski definition) is 1. The molecular formula is C6H15N3O2S. The Morgan fingerprint density at radius 2 is 2.08 bits per heavy atom. The van der Waals surface area contributed by atoms with Crippen molar-refractivity contribution in [3.8, 4) is 0 Å². The molecule has 0 bridgehead atoms. The SMILES string of the molecule is CN1CC(CN(C)S(N)(=O)=O)C1. The maximum absolute atomic E-state index is 10.8. The van der Waals surface area contributed by atoms with Gasteiger partial charge in [-0.2, -0.15) is 12.7 Å². The number of hydrogen-bond acceptors (Lipinski definition) is 3. The lowest BCUT2D eigenvalue weighted by molar-refractivity contribution is 0.119. The van der Waals surface area contributed by atoms with Crippen LogP contribution in [-0.2, 0) is 10.2 Å². The molecule has 0 amide bonds. The van der Waals surface area contributed by atoms with E-state index in [1.807, 2.05) is 7.05 Å². The number of rotatable bonds is 3. The van der Waals surface area contributed by atoms with Gasteiger partial charge in [0, 0.05) is 26.7 Å². The molecule has 2 N–H and O–H groups in total. The fourth-order valence-corrected chi connectivity index (χ4v) is 1.83. The van der Waals surface area contributed by atoms with E-state index in [0.29, 0.717) is 12.5 Å². The summed E-state index contributed by atoms with van der Waals surface area (Å²) in [6.07, 6.45) is 0. The van der Waals surface area contributed by atoms with E-state index in [2.05, 4.69) is 4.90 Å². The minimum absolute atomic E-state index is 0.443. The van der Waals surface area contributed by atoms with Crippen LogP contribution in [0.15, 0.2) is 0 Å². The van der Waals surface area contributed by atoms with Crippen LogP contribution in [-0.4, -0.2) is 51.4 Å². The van der Waals surface area contributed by atoms with Gasteiger partial charge in [0.2, 0.25) is 0 Å². The average Bonchev–Trinajstić information content (AvgIpc) is 1.82. The number of nitrogens with two attached hydrogens (primary N) is 1. The monoisotopic (exact) mass is 193 g/mol. The van der Waals surface area contributed by atoms with Gasteiger partial charge < -0.3 is 4.90 Å². The zero-order valence-electron chi connectivity index (χ0n) is 7.40. The molecule has 6 heteroatoms. The highest BCUT2D eigenvalue weighted by Crippen LogP contribution is 2.13. The standard InChI is InChI=1S/C6H15N3O2S/c1-8-3-6(4-8)5-9(2)12(7,10)11/h6H,3-5H2,1-2H3,(H2,7,10,11). The maximum Gasteiger partial charge on any atom is 0.276 e. The van der Waals surface area contributed by atoms with Gasteiger partial charge in [-0.1, -0.05) is 0 Å². The van der Waals surface area contributed by atoms with Gasteiger partial charge in [0.05, 0.1) is 0 Å². The lowest BCUT2D eigenvalue weighted by Crippen LogP contribution is -2.50. The fourth-order valence-electron chi connectivity index (χ4n) is 1.41. The first-order valence-electron chi connectivity index (χ1n) is 3.82. The van der Waals surface area contributed by atoms with Crippen molar-refractivity contribution in [3.05, 3.63) is 0 Å². The van der Waals surface area contributed by atoms with Crippen molar-refractivity contribution in [2.45, 2.75) is 0 Å². The van der Waals surface area contributed by atoms with E-state index in [-0.39, 0.29) is 0 Å². The summed E-state index contributed by atoms with van der Waals surface area (Å²) in [7, 11) is 0.0382. The van der Waals surface area contributed by atoms with E-state index in [1.54, 1.807) is 0 Å². The molecule has 0 radical (unpaired) electrons. The Balaban J connectivity index is 2.33. The summed E-state index contributed by atoms with van der Waals surface area (Å²) in [5.41, 5.74) is 0. The first-order chi connectivity index (χ1) is 5.39. The molecule has 1 fully saturated rings. The first kappa shape index (κ1) is 9.91. The largest absolute Gasteiger partial charge is 0.306 e. The van der Waals surface area contributed by atoms with E-state index < -0.39 is 10.2 Å². The lowest BCUT2D eigenvalue weighted by atomic mass is 10.0. The molecular weight excluding hydrogens is 178 g/mol. The zero-order valence-corrected chi connectivity index (χ0v) is 8.21. The second kappa shape index (κ2) is 3.29. The van der Waals surface area contributed by atoms with Crippen LogP contribution in [0.3, 0.4) is 0 Å². The summed E-state index contributed by atoms with van der Waals surface area (Å²) in [6, 6.07) is 0. The quantitative estimate of drug-likeness (QED) is 0.605. The summed E-state index contributed by atoms with van der Waals surface area (Å²) in [4.78, 5) is 2.14. The van der Waals surface area contributed by atoms with Gasteiger partial charge in [0.15, 0.2) is 0 Å². The third kappa shape index (κ3) is 2.41. The first-order valence-corrected chi connectivity index (χ1v) is 5.32. The molecule has 5 nitrogen and oxygen atoms in total. The van der Waals surface area contributed by atoms with Crippen molar-refractivity contribution in [3.63, 3.8) is 0 Å². The van der Waals surface area contributed by atoms with Gasteiger partial charge >= 0.3 is 0 Å². The highest BCUT2D eigenvalue weighted by molar-refractivity contribution is 7.86. The van der Waals surface area contributed by atoms with Gasteiger partial charge in [-0.3, -0.25) is 0 Å². The second-order valence-electron chi connectivity index (χ2n) is 3.41. The van der Waals surface area contributed by atoms with Crippen molar-refractivity contribution in [2.24, 2.45) is 11.1 Å². The number of nitrogens with zero attached hydrogens (tertiary/aromatic N) is 2. The summed E-state index contributed by atoms with van der Waals surface area (Å²) in [5, 5.41) is 4.93. The summed E-state index contributed by atoms with van der Waals surface area (Å²) >= 11 is 0. The minimum Gasteiger partial charge on any atom is -0.306 e. The molecule has 0 atom stereocenters. The molecule has 1 aliphatic heterocycles. The molecule has 1 heterocycles. The molecule has 1 aliphatic rings. The van der Waals surface area contributed by atoms with Crippen LogP contribution in [0.5, 0.6) is 0 Å². The average molecular weight is 193 g/mol. The summed E-state index contributed by atoms with van der Waals surface area (Å²) < 4.78 is 22.8. The van der Waals surface area contributed by atoms with Crippen LogP contribution in [0.1, 0.15) is 0 Å². The molecule has 0 spiro atoms. The molecule has 1 saturated heterocycles. The second-order valence-corrected chi connectivity index (χ2v) is 5.07. The van der Waals surface area contributed by atoms with Crippen LogP contribution >= 0.6 is 0 Å². The molecule has 72 valence electrons. The fraction of sp³-hybridized carbons (Fsp3) is 1.00. The normalized spacial score (nSPS) is 21.3. The molecule has 0 saturated carbocycles. The highest BCUT2D eigenvalue weighted by Gasteiger charge is 2.26. The Morgan fingerprint density at radius 3 is 2.42 bits per heavy atom. The molecule has 0 aromatic rings. The predicted octanol–water partition coefficient (Wildman–Crippen LogP) is -1.32. The zero-order chi connectivity index (χ0) is 9.35. The van der Waals surface area contributed by atoms with Crippen LogP contribution in [0, 0.1) is 5.92 Å². The Kier molecular flexibility index (Phi) is 2.72. The van der Waals surface area contributed by atoms with E-state index in [9.17, 15) is 8.42 Å². The third-order valence-electron chi connectivity index (χ3n) is 2.09. The predicted molar refractivity (Wildman–Crippen MR) is 46.7 cm³/mol. The minimum atomic E-state index is -3.48. The van der Waals surface area contributed by atoms with Crippen molar-refractivity contribution in [1.29, 1.82) is 0 Å². The van der Waals surface area contributed by atoms with Crippen molar-refractivity contribution in [1.82, 2.24) is 9.21 Å². The molecule has 0 aromatic heterocycles. The van der Waals surface area contributed by atoms with Crippen molar-refractivity contribution < 1.29 is 8.42 Å². The highest BCUT2D eigenvalue weighted by atomic mass is 32.2. The van der Waals surface area contributed by atoms with E-state index >= 15 is 0 Å². The van der Waals surface area contributed by atoms with Gasteiger partial charge in [-0.05, 0) is 13.0 Å². The Morgan fingerprint density at radius 1 is 1.58 bits per heavy atom. The van der Waals surface area contributed by atoms with Crippen molar-refractivity contribution >= 4 is 10.2 Å². The van der Waals surface area contributed by atoms with E-state index in [0.717, 1.165) is 13.1 Å². The smallest absolute Gasteiger partial charge is 0.276 e. The van der Waals surface area contributed by atoms with Crippen LogP contribution in [0.2, 0.25) is 0 Å².